The zero-order valence-electron chi connectivity index (χ0n) is 6.68. The van der Waals surface area contributed by atoms with Crippen molar-refractivity contribution in [2.75, 3.05) is 0 Å². The summed E-state index contributed by atoms with van der Waals surface area (Å²) in [5, 5.41) is 0. The van der Waals surface area contributed by atoms with Gasteiger partial charge in [0.1, 0.15) is 0 Å². The van der Waals surface area contributed by atoms with Gasteiger partial charge in [0.2, 0.25) is 0 Å². The molecule has 4 N–H and O–H groups in total. The van der Waals surface area contributed by atoms with Crippen molar-refractivity contribution in [3.63, 3.8) is 0 Å². The molecule has 0 aliphatic heterocycles. The molecule has 0 unspecified atom stereocenters. The molecule has 12 heavy (non-hydrogen) atoms. The monoisotopic (exact) mass is 212 g/mol. The number of hydrogen-bond donors (Lipinski definition) is 4. The summed E-state index contributed by atoms with van der Waals surface area (Å²) in [5.74, 6) is 0. The Kier molecular flexibility index (Phi) is 6.87. The van der Waals surface area contributed by atoms with E-state index >= 15 is 0 Å². The molecule has 0 saturated carbocycles. The maximum absolute atomic E-state index is 7.33. The fourth-order valence-electron chi connectivity index (χ4n) is 0.534. The Balaban J connectivity index is 0.000000217. The molecule has 0 aromatic heterocycles. The predicted octanol–water partition coefficient (Wildman–Crippen LogP) is -2.13. The van der Waals surface area contributed by atoms with Gasteiger partial charge in [0, 0.05) is 0 Å². The summed E-state index contributed by atoms with van der Waals surface area (Å²) in [5.41, 5.74) is 0. The second kappa shape index (κ2) is 6.38. The van der Waals surface area contributed by atoms with Gasteiger partial charge in [-0.2, -0.15) is 0 Å². The Morgan fingerprint density at radius 3 is 1.42 bits per heavy atom. The first-order valence-electron chi connectivity index (χ1n) is 3.31. The molecule has 0 heterocycles. The molecule has 0 atom stereocenters. The maximum atomic E-state index is 7.33. The molecule has 1 aromatic carbocycles. The van der Waals surface area contributed by atoms with Crippen LogP contribution < -0.4 is -0.342 Å². The number of benzene rings is 1. The summed E-state index contributed by atoms with van der Waals surface area (Å²) in [6.45, 7) is 0. The third-order valence-corrected chi connectivity index (χ3v) is 1.98. The molecular weight excluding hydrogens is 203 g/mol. The van der Waals surface area contributed by atoms with Crippen molar-refractivity contribution in [2.45, 2.75) is 0 Å². The van der Waals surface area contributed by atoms with E-state index in [9.17, 15) is 0 Å². The molecule has 6 heteroatoms. The number of hydrogen-bond acceptors (Lipinski definition) is 4. The van der Waals surface area contributed by atoms with Crippen LogP contribution in [-0.4, -0.2) is 77.2 Å². The minimum atomic E-state index is -4.61. The van der Waals surface area contributed by atoms with Crippen molar-refractivity contribution >= 4 is 57.7 Å². The first-order valence-corrected chi connectivity index (χ1v) is 6.66. The second-order valence-corrected chi connectivity index (χ2v) is 5.26. The van der Waals surface area contributed by atoms with Crippen LogP contribution >= 0.6 is 0 Å². The van der Waals surface area contributed by atoms with E-state index in [1.165, 1.54) is -0.342 Å². The van der Waals surface area contributed by atoms with E-state index in [4.69, 9.17) is 19.2 Å². The van der Waals surface area contributed by atoms with Crippen molar-refractivity contribution in [3.05, 3.63) is 30.3 Å². The van der Waals surface area contributed by atoms with Gasteiger partial charge in [0.05, 0.1) is 0 Å². The van der Waals surface area contributed by atoms with Crippen LogP contribution in [0.5, 0.6) is 0 Å². The summed E-state index contributed by atoms with van der Waals surface area (Å²) < 4.78 is 1.51. The molecular formula is C6H9KO4Si. The fourth-order valence-corrected chi connectivity index (χ4v) is 1.14. The zero-order chi connectivity index (χ0) is 9.61. The standard InChI is InChI=1S/C6H5.K.H4O4Si/c1-2-4-6-5-3-1;;1-5(2,3)4/h1-5H;;1-4H. The summed E-state index contributed by atoms with van der Waals surface area (Å²) in [4.78, 5) is 29.3. The van der Waals surface area contributed by atoms with Crippen LogP contribution in [-0.2, 0) is 0 Å². The zero-order valence-corrected chi connectivity index (χ0v) is 10.8. The topological polar surface area (TPSA) is 80.9 Å². The first-order chi connectivity index (χ1) is 5.39. The van der Waals surface area contributed by atoms with E-state index in [1.54, 1.807) is 0 Å². The van der Waals surface area contributed by atoms with Gasteiger partial charge >= 0.3 is 88.0 Å². The van der Waals surface area contributed by atoms with E-state index in [-0.39, 0.29) is 0 Å². The SMILES string of the molecule is O[Si](O)(O)O.[K][c]1ccccc1. The van der Waals surface area contributed by atoms with Gasteiger partial charge in [0.25, 0.3) is 0 Å². The van der Waals surface area contributed by atoms with Gasteiger partial charge in [-0.3, -0.25) is 0 Å². The quantitative estimate of drug-likeness (QED) is 0.370. The van der Waals surface area contributed by atoms with Gasteiger partial charge in [-0.1, -0.05) is 0 Å². The molecule has 1 aromatic rings. The van der Waals surface area contributed by atoms with Gasteiger partial charge in [0.15, 0.2) is 0 Å². The average Bonchev–Trinajstić information content (AvgIpc) is 1.85. The van der Waals surface area contributed by atoms with Crippen LogP contribution in [0, 0.1) is 0 Å². The molecule has 0 bridgehead atoms. The molecule has 0 radical (unpaired) electrons. The Morgan fingerprint density at radius 1 is 0.917 bits per heavy atom. The van der Waals surface area contributed by atoms with Gasteiger partial charge in [-0.05, 0) is 0 Å². The van der Waals surface area contributed by atoms with Crippen LogP contribution in [0.4, 0.5) is 0 Å². The van der Waals surface area contributed by atoms with Crippen LogP contribution in [0.3, 0.4) is 0 Å². The van der Waals surface area contributed by atoms with Crippen molar-refractivity contribution in [1.82, 2.24) is 0 Å². The van der Waals surface area contributed by atoms with Crippen molar-refractivity contribution < 1.29 is 19.2 Å². The minimum absolute atomic E-state index is 0.855. The molecule has 62 valence electrons. The third kappa shape index (κ3) is 13.5. The molecule has 0 saturated heterocycles. The average molecular weight is 212 g/mol. The molecule has 4 nitrogen and oxygen atoms in total. The van der Waals surface area contributed by atoms with Gasteiger partial charge in [-0.25, -0.2) is 0 Å². The van der Waals surface area contributed by atoms with E-state index < -0.39 is 9.05 Å². The normalized spacial score (nSPS) is 10.2. The summed E-state index contributed by atoms with van der Waals surface area (Å²) in [7, 11) is -4.61. The molecule has 1 rings (SSSR count). The van der Waals surface area contributed by atoms with Gasteiger partial charge in [-0.15, -0.1) is 0 Å². The predicted molar refractivity (Wildman–Crippen MR) is 46.5 cm³/mol. The Morgan fingerprint density at radius 2 is 1.25 bits per heavy atom. The third-order valence-electron chi connectivity index (χ3n) is 0.940. The van der Waals surface area contributed by atoms with Crippen LogP contribution in [0.2, 0.25) is 0 Å². The summed E-state index contributed by atoms with van der Waals surface area (Å²) >= 11 is 0.855. The fraction of sp³-hybridized carbons (Fsp3) is 0. The van der Waals surface area contributed by atoms with Crippen molar-refractivity contribution in [1.29, 1.82) is 0 Å². The molecule has 0 aliphatic carbocycles. The van der Waals surface area contributed by atoms with Gasteiger partial charge < -0.3 is 19.2 Å². The first kappa shape index (κ1) is 12.9. The van der Waals surface area contributed by atoms with Crippen LogP contribution in [0.15, 0.2) is 30.3 Å². The summed E-state index contributed by atoms with van der Waals surface area (Å²) in [6, 6.07) is 10.6. The Bertz CT molecular complexity index is 205. The molecule has 0 fully saturated rings. The van der Waals surface area contributed by atoms with E-state index in [0.29, 0.717) is 0 Å². The Labute approximate surface area is 106 Å². The van der Waals surface area contributed by atoms with Crippen LogP contribution in [0.1, 0.15) is 0 Å². The molecule has 0 spiro atoms. The van der Waals surface area contributed by atoms with E-state index in [2.05, 4.69) is 30.3 Å². The van der Waals surface area contributed by atoms with Crippen molar-refractivity contribution in [2.24, 2.45) is 0 Å². The van der Waals surface area contributed by atoms with E-state index in [0.717, 1.165) is 49.0 Å². The molecule has 0 aliphatic rings. The van der Waals surface area contributed by atoms with E-state index in [1.807, 2.05) is 0 Å². The van der Waals surface area contributed by atoms with Crippen LogP contribution in [0.25, 0.3) is 0 Å². The second-order valence-electron chi connectivity index (χ2n) is 2.25. The molecule has 0 amide bonds. The summed E-state index contributed by atoms with van der Waals surface area (Å²) in [6.07, 6.45) is 0. The number of rotatable bonds is 0. The Hall–Kier alpha value is 0.913. The van der Waals surface area contributed by atoms with Crippen molar-refractivity contribution in [3.8, 4) is 0 Å².